The number of esters is 1. The second-order valence-electron chi connectivity index (χ2n) is 17.3. The van der Waals surface area contributed by atoms with Gasteiger partial charge in [0.25, 0.3) is 0 Å². The van der Waals surface area contributed by atoms with Crippen LogP contribution in [0.4, 0.5) is 0 Å². The number of carboxylic acid groups (broad SMARTS) is 1. The molecule has 0 aliphatic carbocycles. The Balaban J connectivity index is 3.89. The predicted molar refractivity (Wildman–Crippen MR) is 272 cm³/mol. The number of aliphatic hydroxyl groups is 1. The number of carbonyl (C=O) groups excluding carboxylic acids is 2. The van der Waals surface area contributed by atoms with Gasteiger partial charge in [0.15, 0.2) is 6.04 Å². The topological polar surface area (TPSA) is 169 Å². The van der Waals surface area contributed by atoms with Gasteiger partial charge in [0.05, 0.1) is 13.2 Å². The average Bonchev–Trinajstić information content (AvgIpc) is 3.29. The van der Waals surface area contributed by atoms with Crippen LogP contribution in [0.3, 0.4) is 0 Å². The van der Waals surface area contributed by atoms with Crippen molar-refractivity contribution in [3.8, 4) is 0 Å². The van der Waals surface area contributed by atoms with Gasteiger partial charge >= 0.3 is 19.8 Å². The summed E-state index contributed by atoms with van der Waals surface area (Å²) in [6.45, 7) is 2.49. The average molecular weight is 948 g/mol. The van der Waals surface area contributed by atoms with E-state index in [4.69, 9.17) is 13.8 Å². The molecule has 12 heteroatoms. The lowest BCUT2D eigenvalue weighted by Gasteiger charge is -2.18. The van der Waals surface area contributed by atoms with E-state index in [1.807, 2.05) is 0 Å². The maximum atomic E-state index is 12.4. The van der Waals surface area contributed by atoms with Crippen LogP contribution in [0, 0.1) is 0 Å². The molecule has 0 aromatic rings. The van der Waals surface area contributed by atoms with Gasteiger partial charge in [-0.05, 0) is 64.2 Å². The molecule has 11 nitrogen and oxygen atoms in total. The maximum absolute atomic E-state index is 12.4. The molecule has 0 aromatic carbocycles. The van der Waals surface area contributed by atoms with E-state index in [0.717, 1.165) is 83.5 Å². The monoisotopic (exact) mass is 948 g/mol. The third-order valence-corrected chi connectivity index (χ3v) is 12.0. The first-order chi connectivity index (χ1) is 32.1. The third-order valence-electron chi connectivity index (χ3n) is 11.0. The van der Waals surface area contributed by atoms with Gasteiger partial charge in [0, 0.05) is 12.8 Å². The summed E-state index contributed by atoms with van der Waals surface area (Å²) in [7, 11) is -4.77. The SMILES string of the molecule is CC/C=C\C/C=C\C/C=C\C/C=C\C/C=C\C/C=C\CCCCCCC(=O)NC(COP(=O)(O)OCC(O)COC(=O)CCCCCCCCCCCCCCCCCCCCC)C(=O)O. The molecule has 0 saturated heterocycles. The molecule has 0 radical (unpaired) electrons. The summed E-state index contributed by atoms with van der Waals surface area (Å²) >= 11 is 0. The zero-order valence-corrected chi connectivity index (χ0v) is 42.4. The second-order valence-corrected chi connectivity index (χ2v) is 18.8. The van der Waals surface area contributed by atoms with Crippen molar-refractivity contribution < 1.29 is 47.8 Å². The van der Waals surface area contributed by atoms with E-state index in [0.29, 0.717) is 12.8 Å². The van der Waals surface area contributed by atoms with Crippen LogP contribution >= 0.6 is 7.82 Å². The Hall–Kier alpha value is -3.08. The predicted octanol–water partition coefficient (Wildman–Crippen LogP) is 14.5. The molecule has 0 aliphatic rings. The van der Waals surface area contributed by atoms with Crippen molar-refractivity contribution in [3.05, 3.63) is 72.9 Å². The molecule has 0 heterocycles. The molecular weight excluding hydrogens is 854 g/mol. The molecule has 66 heavy (non-hydrogen) atoms. The molecule has 0 aliphatic heterocycles. The van der Waals surface area contributed by atoms with Crippen molar-refractivity contribution >= 4 is 25.7 Å². The van der Waals surface area contributed by atoms with Gasteiger partial charge in [0.2, 0.25) is 5.91 Å². The number of rotatable bonds is 48. The Labute approximate surface area is 401 Å². The van der Waals surface area contributed by atoms with Gasteiger partial charge < -0.3 is 25.2 Å². The number of phosphoric acid groups is 1. The van der Waals surface area contributed by atoms with Crippen molar-refractivity contribution in [2.75, 3.05) is 19.8 Å². The first kappa shape index (κ1) is 62.9. The maximum Gasteiger partial charge on any atom is 0.472 e. The van der Waals surface area contributed by atoms with Crippen LogP contribution in [-0.2, 0) is 32.7 Å². The minimum absolute atomic E-state index is 0.113. The highest BCUT2D eigenvalue weighted by Crippen LogP contribution is 2.43. The van der Waals surface area contributed by atoms with Crippen molar-refractivity contribution in [1.82, 2.24) is 5.32 Å². The lowest BCUT2D eigenvalue weighted by atomic mass is 10.0. The van der Waals surface area contributed by atoms with E-state index in [2.05, 4.69) is 92.1 Å². The molecule has 1 amide bonds. The number of phosphoric ester groups is 1. The highest BCUT2D eigenvalue weighted by molar-refractivity contribution is 7.47. The Bertz CT molecular complexity index is 1390. The normalized spacial score (nSPS) is 14.1. The van der Waals surface area contributed by atoms with Gasteiger partial charge in [-0.3, -0.25) is 18.6 Å². The molecular formula is C54H94NO10P. The van der Waals surface area contributed by atoms with Crippen LogP contribution < -0.4 is 5.32 Å². The molecule has 3 unspecified atom stereocenters. The summed E-state index contributed by atoms with van der Waals surface area (Å²) < 4.78 is 27.0. The van der Waals surface area contributed by atoms with Crippen molar-refractivity contribution in [2.45, 2.75) is 231 Å². The number of amides is 1. The number of aliphatic carboxylic acids is 1. The Morgan fingerprint density at radius 2 is 0.879 bits per heavy atom. The summed E-state index contributed by atoms with van der Waals surface area (Å²) in [4.78, 5) is 46.1. The fourth-order valence-corrected chi connectivity index (χ4v) is 7.80. The number of carbonyl (C=O) groups is 3. The summed E-state index contributed by atoms with van der Waals surface area (Å²) in [5.41, 5.74) is 0. The van der Waals surface area contributed by atoms with Crippen LogP contribution in [0.1, 0.15) is 219 Å². The number of unbranched alkanes of at least 4 members (excludes halogenated alkanes) is 22. The Morgan fingerprint density at radius 3 is 1.32 bits per heavy atom. The molecule has 0 saturated carbocycles. The van der Waals surface area contributed by atoms with E-state index in [1.54, 1.807) is 0 Å². The van der Waals surface area contributed by atoms with Crippen molar-refractivity contribution in [2.24, 2.45) is 0 Å². The smallest absolute Gasteiger partial charge is 0.472 e. The van der Waals surface area contributed by atoms with Gasteiger partial charge in [-0.1, -0.05) is 215 Å². The lowest BCUT2D eigenvalue weighted by Crippen LogP contribution is -2.43. The van der Waals surface area contributed by atoms with Crippen LogP contribution in [0.25, 0.3) is 0 Å². The minimum Gasteiger partial charge on any atom is -0.480 e. The molecule has 0 bridgehead atoms. The first-order valence-corrected chi connectivity index (χ1v) is 27.5. The van der Waals surface area contributed by atoms with E-state index in [9.17, 15) is 34.1 Å². The Morgan fingerprint density at radius 1 is 0.500 bits per heavy atom. The number of ether oxygens (including phenoxy) is 1. The summed E-state index contributed by atoms with van der Waals surface area (Å²) in [6.07, 6.45) is 59.2. The number of aliphatic hydroxyl groups excluding tert-OH is 1. The number of nitrogens with one attached hydrogen (secondary N) is 1. The van der Waals surface area contributed by atoms with E-state index < -0.39 is 57.6 Å². The molecule has 4 N–H and O–H groups in total. The number of carboxylic acids is 1. The highest BCUT2D eigenvalue weighted by Gasteiger charge is 2.28. The number of allylic oxidation sites excluding steroid dienone is 12. The number of hydrogen-bond donors (Lipinski definition) is 4. The largest absolute Gasteiger partial charge is 0.480 e. The van der Waals surface area contributed by atoms with Crippen LogP contribution in [-0.4, -0.2) is 64.9 Å². The van der Waals surface area contributed by atoms with Gasteiger partial charge in [-0.2, -0.15) is 0 Å². The van der Waals surface area contributed by atoms with Gasteiger partial charge in [-0.25, -0.2) is 9.36 Å². The van der Waals surface area contributed by atoms with Gasteiger partial charge in [-0.15, -0.1) is 0 Å². The minimum atomic E-state index is -4.77. The standard InChI is InChI=1S/C54H94NO10P/c1-3-5-7-9-11-13-15-17-19-21-23-24-25-26-28-29-31-33-35-37-39-41-43-45-52(57)55-51(54(59)60)49-65-66(61,62)64-48-50(56)47-63-53(58)46-44-42-40-38-36-34-32-30-27-22-20-18-16-14-12-10-8-6-4-2/h5,7,11,13,17,19,23-24,26,28,31,33,50-51,56H,3-4,6,8-10,12,14-16,18,20-22,25,27,29-30,32,34-49H2,1-2H3,(H,55,57)(H,59,60)(H,61,62)/b7-5-,13-11-,19-17-,24-23-,28-26-,33-31-. The quantitative estimate of drug-likeness (QED) is 0.0199. The van der Waals surface area contributed by atoms with Crippen LogP contribution in [0.5, 0.6) is 0 Å². The molecule has 0 aromatic heterocycles. The molecule has 3 atom stereocenters. The van der Waals surface area contributed by atoms with E-state index in [-0.39, 0.29) is 12.8 Å². The first-order valence-electron chi connectivity index (χ1n) is 26.0. The molecule has 0 spiro atoms. The molecule has 0 rings (SSSR count). The van der Waals surface area contributed by atoms with Crippen molar-refractivity contribution in [1.29, 1.82) is 0 Å². The summed E-state index contributed by atoms with van der Waals surface area (Å²) in [5.74, 6) is -2.41. The highest BCUT2D eigenvalue weighted by atomic mass is 31.2. The lowest BCUT2D eigenvalue weighted by molar-refractivity contribution is -0.147. The Kier molecular flexibility index (Phi) is 46.1. The zero-order valence-electron chi connectivity index (χ0n) is 41.5. The molecule has 380 valence electrons. The van der Waals surface area contributed by atoms with E-state index >= 15 is 0 Å². The van der Waals surface area contributed by atoms with Gasteiger partial charge in [0.1, 0.15) is 12.7 Å². The summed E-state index contributed by atoms with van der Waals surface area (Å²) in [5, 5.41) is 21.9. The fourth-order valence-electron chi connectivity index (χ4n) is 7.03. The summed E-state index contributed by atoms with van der Waals surface area (Å²) in [6, 6.07) is -1.57. The second kappa shape index (κ2) is 48.4. The molecule has 0 fully saturated rings. The van der Waals surface area contributed by atoms with E-state index in [1.165, 1.54) is 96.3 Å². The number of hydrogen-bond acceptors (Lipinski definition) is 8. The van der Waals surface area contributed by atoms with Crippen LogP contribution in [0.15, 0.2) is 72.9 Å². The van der Waals surface area contributed by atoms with Crippen LogP contribution in [0.2, 0.25) is 0 Å². The zero-order chi connectivity index (χ0) is 48.4. The van der Waals surface area contributed by atoms with Crippen molar-refractivity contribution in [3.63, 3.8) is 0 Å². The fraction of sp³-hybridized carbons (Fsp3) is 0.722. The third kappa shape index (κ3) is 47.4.